The van der Waals surface area contributed by atoms with Gasteiger partial charge in [-0.3, -0.25) is 4.79 Å². The van der Waals surface area contributed by atoms with Crippen LogP contribution in [-0.4, -0.2) is 16.5 Å². The molecule has 0 saturated carbocycles. The molecule has 3 nitrogen and oxygen atoms in total. The lowest BCUT2D eigenvalue weighted by molar-refractivity contribution is -0.122. The SMILES string of the molecule is CCCCCC(=O)C12C=Cc3c(CC=C(C)C)ccc(O)c3C1O2. The second-order valence-electron chi connectivity index (χ2n) is 7.06. The Morgan fingerprint density at radius 1 is 1.33 bits per heavy atom. The summed E-state index contributed by atoms with van der Waals surface area (Å²) in [5.74, 6) is 0.362. The van der Waals surface area contributed by atoms with E-state index in [4.69, 9.17) is 4.74 Å². The van der Waals surface area contributed by atoms with Crippen LogP contribution in [0.2, 0.25) is 0 Å². The minimum atomic E-state index is -0.826. The molecule has 1 saturated heterocycles. The molecule has 0 amide bonds. The van der Waals surface area contributed by atoms with Crippen LogP contribution in [-0.2, 0) is 16.0 Å². The lowest BCUT2D eigenvalue weighted by atomic mass is 9.82. The molecular formula is C21H26O3. The van der Waals surface area contributed by atoms with Crippen LogP contribution in [0.5, 0.6) is 5.75 Å². The Bertz CT molecular complexity index is 710. The van der Waals surface area contributed by atoms with Gasteiger partial charge >= 0.3 is 0 Å². The predicted molar refractivity (Wildman–Crippen MR) is 96.0 cm³/mol. The van der Waals surface area contributed by atoms with Crippen molar-refractivity contribution in [2.75, 3.05) is 0 Å². The van der Waals surface area contributed by atoms with Crippen molar-refractivity contribution in [2.24, 2.45) is 0 Å². The molecule has 0 bridgehead atoms. The Hall–Kier alpha value is -1.87. The molecule has 1 aliphatic carbocycles. The number of epoxide rings is 1. The van der Waals surface area contributed by atoms with Gasteiger partial charge in [0, 0.05) is 12.0 Å². The van der Waals surface area contributed by atoms with Crippen molar-refractivity contribution in [1.82, 2.24) is 0 Å². The number of hydrogen-bond acceptors (Lipinski definition) is 3. The van der Waals surface area contributed by atoms with Crippen molar-refractivity contribution >= 4 is 11.9 Å². The summed E-state index contributed by atoms with van der Waals surface area (Å²) in [5, 5.41) is 10.3. The number of rotatable bonds is 7. The highest BCUT2D eigenvalue weighted by Crippen LogP contribution is 2.58. The van der Waals surface area contributed by atoms with E-state index in [-0.39, 0.29) is 17.6 Å². The minimum Gasteiger partial charge on any atom is -0.508 e. The summed E-state index contributed by atoms with van der Waals surface area (Å²) in [6, 6.07) is 3.68. The third-order valence-electron chi connectivity index (χ3n) is 4.93. The van der Waals surface area contributed by atoms with E-state index in [0.29, 0.717) is 6.42 Å². The Kier molecular flexibility index (Phi) is 4.64. The molecular weight excluding hydrogens is 300 g/mol. The van der Waals surface area contributed by atoms with Gasteiger partial charge in [0.1, 0.15) is 11.9 Å². The summed E-state index contributed by atoms with van der Waals surface area (Å²) in [6.45, 7) is 6.28. The third kappa shape index (κ3) is 2.93. The van der Waals surface area contributed by atoms with E-state index in [1.807, 2.05) is 18.2 Å². The standard InChI is InChI=1S/C21H26O3/c1-4-5-6-7-18(23)21-13-12-16-15(9-8-14(2)3)10-11-17(22)19(16)20(21)24-21/h8,10-13,20,22H,4-7,9H2,1-3H3. The number of benzene rings is 1. The number of fused-ring (bicyclic) bond motifs is 3. The first kappa shape index (κ1) is 17.0. The molecule has 1 fully saturated rings. The Morgan fingerprint density at radius 2 is 2.12 bits per heavy atom. The highest BCUT2D eigenvalue weighted by atomic mass is 16.6. The van der Waals surface area contributed by atoms with Crippen molar-refractivity contribution in [1.29, 1.82) is 0 Å². The average molecular weight is 326 g/mol. The van der Waals surface area contributed by atoms with Crippen LogP contribution >= 0.6 is 0 Å². The molecule has 2 unspecified atom stereocenters. The van der Waals surface area contributed by atoms with Crippen LogP contribution in [0.15, 0.2) is 29.9 Å². The van der Waals surface area contributed by atoms with E-state index in [0.717, 1.165) is 42.4 Å². The zero-order valence-corrected chi connectivity index (χ0v) is 14.8. The minimum absolute atomic E-state index is 0.136. The molecule has 1 aromatic carbocycles. The van der Waals surface area contributed by atoms with Crippen LogP contribution in [0.4, 0.5) is 0 Å². The van der Waals surface area contributed by atoms with Gasteiger partial charge in [-0.2, -0.15) is 0 Å². The van der Waals surface area contributed by atoms with Crippen molar-refractivity contribution in [3.05, 3.63) is 46.5 Å². The van der Waals surface area contributed by atoms with Crippen molar-refractivity contribution < 1.29 is 14.6 Å². The number of phenolic OH excluding ortho intramolecular Hbond substituents is 1. The van der Waals surface area contributed by atoms with E-state index >= 15 is 0 Å². The maximum atomic E-state index is 12.6. The Labute approximate surface area is 144 Å². The number of carbonyl (C=O) groups excluding carboxylic acids is 1. The smallest absolute Gasteiger partial charge is 0.176 e. The fraction of sp³-hybridized carbons (Fsp3) is 0.476. The number of allylic oxidation sites excluding steroid dienone is 2. The lowest BCUT2D eigenvalue weighted by Crippen LogP contribution is -2.24. The van der Waals surface area contributed by atoms with E-state index in [1.165, 1.54) is 5.57 Å². The van der Waals surface area contributed by atoms with E-state index in [2.05, 4.69) is 26.8 Å². The normalized spacial score (nSPS) is 23.4. The molecule has 3 heteroatoms. The molecule has 0 radical (unpaired) electrons. The predicted octanol–water partition coefficient (Wildman–Crippen LogP) is 4.89. The van der Waals surface area contributed by atoms with Crippen molar-refractivity contribution in [3.8, 4) is 5.75 Å². The van der Waals surface area contributed by atoms with Gasteiger partial charge < -0.3 is 9.84 Å². The van der Waals surface area contributed by atoms with Gasteiger partial charge in [0.15, 0.2) is 11.4 Å². The molecule has 0 aromatic heterocycles. The van der Waals surface area contributed by atoms with Gasteiger partial charge in [0.25, 0.3) is 0 Å². The van der Waals surface area contributed by atoms with Crippen molar-refractivity contribution in [2.45, 2.75) is 64.6 Å². The fourth-order valence-electron chi connectivity index (χ4n) is 3.44. The number of ether oxygens (including phenoxy) is 1. The van der Waals surface area contributed by atoms with E-state index in [9.17, 15) is 9.90 Å². The number of Topliss-reactive ketones (excluding diaryl/α,β-unsaturated/α-hetero) is 1. The van der Waals surface area contributed by atoms with Gasteiger partial charge in [0.05, 0.1) is 0 Å². The number of hydrogen-bond donors (Lipinski definition) is 1. The zero-order valence-electron chi connectivity index (χ0n) is 14.8. The third-order valence-corrected chi connectivity index (χ3v) is 4.93. The lowest BCUT2D eigenvalue weighted by Gasteiger charge is -2.17. The molecule has 128 valence electrons. The second kappa shape index (κ2) is 6.56. The van der Waals surface area contributed by atoms with Gasteiger partial charge in [0.2, 0.25) is 0 Å². The first-order valence-electron chi connectivity index (χ1n) is 8.88. The molecule has 3 rings (SSSR count). The summed E-state index contributed by atoms with van der Waals surface area (Å²) in [7, 11) is 0. The largest absolute Gasteiger partial charge is 0.508 e. The molecule has 2 atom stereocenters. The first-order chi connectivity index (χ1) is 11.5. The van der Waals surface area contributed by atoms with Crippen LogP contribution in [0.25, 0.3) is 6.08 Å². The second-order valence-corrected chi connectivity index (χ2v) is 7.06. The van der Waals surface area contributed by atoms with Crippen LogP contribution in [0.1, 0.15) is 69.2 Å². The molecule has 1 N–H and O–H groups in total. The highest BCUT2D eigenvalue weighted by Gasteiger charge is 2.63. The van der Waals surface area contributed by atoms with Gasteiger partial charge in [-0.15, -0.1) is 0 Å². The summed E-state index contributed by atoms with van der Waals surface area (Å²) < 4.78 is 5.83. The molecule has 2 aliphatic rings. The van der Waals surface area contributed by atoms with Crippen LogP contribution in [0.3, 0.4) is 0 Å². The molecule has 1 aliphatic heterocycles. The average Bonchev–Trinajstić information content (AvgIpc) is 3.30. The number of unbranched alkanes of at least 4 members (excludes halogenated alkanes) is 2. The summed E-state index contributed by atoms with van der Waals surface area (Å²) in [4.78, 5) is 12.6. The summed E-state index contributed by atoms with van der Waals surface area (Å²) in [5.41, 5.74) is 3.38. The maximum Gasteiger partial charge on any atom is 0.176 e. The Morgan fingerprint density at radius 3 is 2.83 bits per heavy atom. The number of phenols is 1. The highest BCUT2D eigenvalue weighted by molar-refractivity contribution is 5.96. The monoisotopic (exact) mass is 326 g/mol. The van der Waals surface area contributed by atoms with Crippen molar-refractivity contribution in [3.63, 3.8) is 0 Å². The number of aromatic hydroxyl groups is 1. The number of ketones is 1. The molecule has 24 heavy (non-hydrogen) atoms. The number of carbonyl (C=O) groups is 1. The molecule has 1 heterocycles. The fourth-order valence-corrected chi connectivity index (χ4v) is 3.44. The first-order valence-corrected chi connectivity index (χ1v) is 8.88. The molecule has 1 aromatic rings. The van der Waals surface area contributed by atoms with Crippen LogP contribution < -0.4 is 0 Å². The van der Waals surface area contributed by atoms with Gasteiger partial charge in [-0.05, 0) is 50.0 Å². The van der Waals surface area contributed by atoms with Crippen LogP contribution in [0, 0.1) is 0 Å². The van der Waals surface area contributed by atoms with Gasteiger partial charge in [-0.25, -0.2) is 0 Å². The maximum absolute atomic E-state index is 12.6. The summed E-state index contributed by atoms with van der Waals surface area (Å²) >= 11 is 0. The molecule has 0 spiro atoms. The topological polar surface area (TPSA) is 49.8 Å². The quantitative estimate of drug-likeness (QED) is 0.441. The zero-order chi connectivity index (χ0) is 17.3. The Balaban J connectivity index is 1.86. The van der Waals surface area contributed by atoms with E-state index < -0.39 is 5.60 Å². The van der Waals surface area contributed by atoms with Gasteiger partial charge in [-0.1, -0.05) is 43.6 Å². The summed E-state index contributed by atoms with van der Waals surface area (Å²) in [6.07, 6.45) is 10.1. The van der Waals surface area contributed by atoms with E-state index in [1.54, 1.807) is 6.07 Å².